The maximum atomic E-state index is 13.7. The molecule has 0 atom stereocenters. The van der Waals surface area contributed by atoms with Crippen molar-refractivity contribution < 1.29 is 13.9 Å². The Kier molecular flexibility index (Phi) is 5.28. The van der Waals surface area contributed by atoms with Crippen LogP contribution in [0.1, 0.15) is 21.7 Å². The molecule has 3 heterocycles. The number of rotatable bonds is 5. The fourth-order valence-electron chi connectivity index (χ4n) is 3.54. The lowest BCUT2D eigenvalue weighted by Gasteiger charge is -2.18. The number of methoxy groups -OCH3 is 1. The number of aryl methyl sites for hydroxylation is 1. The standard InChI is InChI=1S/C24H18ClN3O3S/c1-14-17(25)8-9-20-21(14)27-24(32-20)28(13-15-5-4-10-26-12-15)23(29)19-11-16-6-3-7-18(30-2)22(16)31-19/h3-12H,13H2,1-2H3. The number of nitrogens with zero attached hydrogens (tertiary/aromatic N) is 3. The molecule has 0 N–H and O–H groups in total. The highest BCUT2D eigenvalue weighted by molar-refractivity contribution is 7.22. The number of ether oxygens (including phenoxy) is 1. The summed E-state index contributed by atoms with van der Waals surface area (Å²) in [5, 5.41) is 2.00. The summed E-state index contributed by atoms with van der Waals surface area (Å²) in [5.41, 5.74) is 3.08. The predicted molar refractivity (Wildman–Crippen MR) is 127 cm³/mol. The van der Waals surface area contributed by atoms with Gasteiger partial charge >= 0.3 is 0 Å². The lowest BCUT2D eigenvalue weighted by Crippen LogP contribution is -2.30. The van der Waals surface area contributed by atoms with Crippen molar-refractivity contribution in [3.63, 3.8) is 0 Å². The van der Waals surface area contributed by atoms with Gasteiger partial charge in [-0.2, -0.15) is 0 Å². The number of carbonyl (C=O) groups excluding carboxylic acids is 1. The summed E-state index contributed by atoms with van der Waals surface area (Å²) in [5.74, 6) is 0.489. The molecular weight excluding hydrogens is 446 g/mol. The molecule has 0 fully saturated rings. The number of para-hydroxylation sites is 1. The van der Waals surface area contributed by atoms with Gasteiger partial charge in [0, 0.05) is 22.8 Å². The minimum Gasteiger partial charge on any atom is -0.493 e. The van der Waals surface area contributed by atoms with Crippen LogP contribution in [0, 0.1) is 6.92 Å². The lowest BCUT2D eigenvalue weighted by atomic mass is 10.2. The maximum absolute atomic E-state index is 13.7. The van der Waals surface area contributed by atoms with E-state index in [0.29, 0.717) is 28.0 Å². The second kappa shape index (κ2) is 8.26. The van der Waals surface area contributed by atoms with Crippen LogP contribution in [0.5, 0.6) is 5.75 Å². The summed E-state index contributed by atoms with van der Waals surface area (Å²) in [6, 6.07) is 14.8. The van der Waals surface area contributed by atoms with Gasteiger partial charge in [-0.1, -0.05) is 41.1 Å². The molecule has 0 aliphatic carbocycles. The SMILES string of the molecule is COc1cccc2cc(C(=O)N(Cc3cccnc3)c3nc4c(C)c(Cl)ccc4s3)oc12. The van der Waals surface area contributed by atoms with Crippen LogP contribution in [0.15, 0.2) is 65.3 Å². The summed E-state index contributed by atoms with van der Waals surface area (Å²) in [6.07, 6.45) is 3.43. The van der Waals surface area contributed by atoms with Crippen molar-refractivity contribution in [2.24, 2.45) is 0 Å². The van der Waals surface area contributed by atoms with Crippen molar-refractivity contribution in [2.75, 3.05) is 12.0 Å². The molecular formula is C24H18ClN3O3S. The molecule has 0 saturated heterocycles. The number of aromatic nitrogens is 2. The Hall–Kier alpha value is -3.42. The third-order valence-electron chi connectivity index (χ3n) is 5.21. The minimum absolute atomic E-state index is 0.211. The number of hydrogen-bond donors (Lipinski definition) is 0. The number of halogens is 1. The van der Waals surface area contributed by atoms with E-state index in [1.54, 1.807) is 36.5 Å². The van der Waals surface area contributed by atoms with Crippen molar-refractivity contribution in [1.82, 2.24) is 9.97 Å². The predicted octanol–water partition coefficient (Wildman–Crippen LogP) is 6.25. The fraction of sp³-hybridized carbons (Fsp3) is 0.125. The Morgan fingerprint density at radius 2 is 2.09 bits per heavy atom. The van der Waals surface area contributed by atoms with Gasteiger partial charge in [0.05, 0.1) is 23.9 Å². The third kappa shape index (κ3) is 3.59. The Morgan fingerprint density at radius 1 is 1.22 bits per heavy atom. The molecule has 1 amide bonds. The van der Waals surface area contributed by atoms with Crippen LogP contribution < -0.4 is 9.64 Å². The van der Waals surface area contributed by atoms with Crippen LogP contribution >= 0.6 is 22.9 Å². The number of benzene rings is 2. The molecule has 0 spiro atoms. The molecule has 0 unspecified atom stereocenters. The third-order valence-corrected chi connectivity index (χ3v) is 6.67. The van der Waals surface area contributed by atoms with Crippen LogP contribution in [0.4, 0.5) is 5.13 Å². The molecule has 5 rings (SSSR count). The normalized spacial score (nSPS) is 11.2. The van der Waals surface area contributed by atoms with Crippen LogP contribution in [0.3, 0.4) is 0 Å². The molecule has 8 heteroatoms. The van der Waals surface area contributed by atoms with E-state index in [2.05, 4.69) is 4.98 Å². The highest BCUT2D eigenvalue weighted by Crippen LogP contribution is 2.36. The molecule has 0 aliphatic heterocycles. The molecule has 32 heavy (non-hydrogen) atoms. The Morgan fingerprint density at radius 3 is 2.88 bits per heavy atom. The highest BCUT2D eigenvalue weighted by atomic mass is 35.5. The second-order valence-corrected chi connectivity index (χ2v) is 8.67. The summed E-state index contributed by atoms with van der Waals surface area (Å²) >= 11 is 7.72. The smallest absolute Gasteiger partial charge is 0.296 e. The van der Waals surface area contributed by atoms with Crippen LogP contribution in [0.25, 0.3) is 21.2 Å². The fourth-order valence-corrected chi connectivity index (χ4v) is 4.72. The molecule has 6 nitrogen and oxygen atoms in total. The van der Waals surface area contributed by atoms with Crippen molar-refractivity contribution in [3.8, 4) is 5.75 Å². The number of pyridine rings is 1. The van der Waals surface area contributed by atoms with Crippen LogP contribution in [0.2, 0.25) is 5.02 Å². The monoisotopic (exact) mass is 463 g/mol. The van der Waals surface area contributed by atoms with E-state index < -0.39 is 0 Å². The minimum atomic E-state index is -0.296. The first-order valence-corrected chi connectivity index (χ1v) is 11.1. The molecule has 0 bridgehead atoms. The van der Waals surface area contributed by atoms with Gasteiger partial charge in [0.1, 0.15) is 0 Å². The van der Waals surface area contributed by atoms with Gasteiger partial charge in [-0.05, 0) is 48.4 Å². The number of fused-ring (bicyclic) bond motifs is 2. The number of furan rings is 1. The zero-order valence-electron chi connectivity index (χ0n) is 17.3. The van der Waals surface area contributed by atoms with Crippen LogP contribution in [-0.4, -0.2) is 23.0 Å². The molecule has 0 radical (unpaired) electrons. The summed E-state index contributed by atoms with van der Waals surface area (Å²) < 4.78 is 12.3. The average molecular weight is 464 g/mol. The maximum Gasteiger partial charge on any atom is 0.296 e. The first-order chi connectivity index (χ1) is 15.5. The zero-order chi connectivity index (χ0) is 22.2. The molecule has 5 aromatic rings. The Bertz CT molecular complexity index is 1450. The van der Waals surface area contributed by atoms with Crippen molar-refractivity contribution in [2.45, 2.75) is 13.5 Å². The first-order valence-electron chi connectivity index (χ1n) is 9.88. The number of hydrogen-bond acceptors (Lipinski definition) is 6. The van der Waals surface area contributed by atoms with Crippen molar-refractivity contribution >= 4 is 55.2 Å². The van der Waals surface area contributed by atoms with E-state index in [-0.39, 0.29) is 11.7 Å². The van der Waals surface area contributed by atoms with Gasteiger partial charge in [-0.25, -0.2) is 4.98 Å². The van der Waals surface area contributed by atoms with Gasteiger partial charge in [0.25, 0.3) is 5.91 Å². The first kappa shape index (κ1) is 20.5. The molecule has 160 valence electrons. The molecule has 0 aliphatic rings. The lowest BCUT2D eigenvalue weighted by molar-refractivity contribution is 0.0960. The number of carbonyl (C=O) groups is 1. The van der Waals surface area contributed by atoms with E-state index in [0.717, 1.165) is 26.7 Å². The number of anilines is 1. The van der Waals surface area contributed by atoms with Gasteiger partial charge in [-0.15, -0.1) is 0 Å². The van der Waals surface area contributed by atoms with E-state index in [9.17, 15) is 4.79 Å². The summed E-state index contributed by atoms with van der Waals surface area (Å²) in [6.45, 7) is 2.22. The Balaban J connectivity index is 1.61. The highest BCUT2D eigenvalue weighted by Gasteiger charge is 2.26. The molecule has 3 aromatic heterocycles. The van der Waals surface area contributed by atoms with Crippen molar-refractivity contribution in [3.05, 3.63) is 82.8 Å². The topological polar surface area (TPSA) is 68.5 Å². The van der Waals surface area contributed by atoms with Gasteiger partial charge < -0.3 is 9.15 Å². The Labute approximate surface area is 193 Å². The van der Waals surface area contributed by atoms with E-state index >= 15 is 0 Å². The quantitative estimate of drug-likeness (QED) is 0.308. The second-order valence-electron chi connectivity index (χ2n) is 7.26. The largest absolute Gasteiger partial charge is 0.493 e. The average Bonchev–Trinajstić information content (AvgIpc) is 3.45. The van der Waals surface area contributed by atoms with Gasteiger partial charge in [0.15, 0.2) is 22.2 Å². The van der Waals surface area contributed by atoms with Gasteiger partial charge in [-0.3, -0.25) is 14.7 Å². The summed E-state index contributed by atoms with van der Waals surface area (Å²) in [4.78, 5) is 24.2. The van der Waals surface area contributed by atoms with Crippen molar-refractivity contribution in [1.29, 1.82) is 0 Å². The van der Waals surface area contributed by atoms with Gasteiger partial charge in [0.2, 0.25) is 0 Å². The molecule has 2 aromatic carbocycles. The van der Waals surface area contributed by atoms with E-state index in [1.807, 2.05) is 43.3 Å². The van der Waals surface area contributed by atoms with E-state index in [1.165, 1.54) is 11.3 Å². The van der Waals surface area contributed by atoms with E-state index in [4.69, 9.17) is 25.7 Å². The number of thiazole rings is 1. The molecule has 0 saturated carbocycles. The summed E-state index contributed by atoms with van der Waals surface area (Å²) in [7, 11) is 1.57. The van der Waals surface area contributed by atoms with Crippen LogP contribution in [-0.2, 0) is 6.54 Å². The number of amides is 1. The zero-order valence-corrected chi connectivity index (χ0v) is 18.9.